The van der Waals surface area contributed by atoms with E-state index in [-0.39, 0.29) is 13.2 Å². The number of fused-ring (bicyclic) bond motifs is 2. The molecular weight excluding hydrogens is 500 g/mol. The molecule has 8 nitrogen and oxygen atoms in total. The number of carbonyl (C=O) groups is 2. The Morgan fingerprint density at radius 1 is 0.667 bits per heavy atom. The van der Waals surface area contributed by atoms with Gasteiger partial charge in [-0.1, -0.05) is 48.5 Å². The van der Waals surface area contributed by atoms with Gasteiger partial charge in [-0.05, 0) is 59.7 Å². The number of esters is 2. The molecule has 0 aromatic heterocycles. The molecule has 1 aliphatic heterocycles. The van der Waals surface area contributed by atoms with E-state index in [9.17, 15) is 9.59 Å². The molecule has 0 radical (unpaired) electrons. The highest BCUT2D eigenvalue weighted by Crippen LogP contribution is 2.33. The van der Waals surface area contributed by atoms with Crippen LogP contribution in [0.5, 0.6) is 11.5 Å². The van der Waals surface area contributed by atoms with Crippen LogP contribution in [-0.2, 0) is 18.9 Å². The summed E-state index contributed by atoms with van der Waals surface area (Å²) in [6.07, 6.45) is -1.03. The molecule has 1 saturated heterocycles. The zero-order valence-corrected chi connectivity index (χ0v) is 22.3. The summed E-state index contributed by atoms with van der Waals surface area (Å²) in [7, 11) is 2.67. The van der Waals surface area contributed by atoms with Gasteiger partial charge in [0.05, 0.1) is 14.2 Å². The molecule has 202 valence electrons. The van der Waals surface area contributed by atoms with Crippen LogP contribution in [0.3, 0.4) is 0 Å². The fourth-order valence-corrected chi connectivity index (χ4v) is 4.75. The summed E-state index contributed by atoms with van der Waals surface area (Å²) in [6, 6.07) is 22.5. The number of rotatable bonds is 8. The lowest BCUT2D eigenvalue weighted by atomic mass is 10.1. The fourth-order valence-electron chi connectivity index (χ4n) is 4.75. The predicted molar refractivity (Wildman–Crippen MR) is 145 cm³/mol. The molecule has 8 heteroatoms. The first kappa shape index (κ1) is 26.5. The summed E-state index contributed by atoms with van der Waals surface area (Å²) in [4.78, 5) is 25.0. The van der Waals surface area contributed by atoms with Crippen molar-refractivity contribution in [1.29, 1.82) is 0 Å². The standard InChI is InChI=1S/C31H30O8/c1-31(2)38-27(17-36-25-15-21-11-7-5-9-19(21)13-23(25)29(32)34-3)28(39-31)18-37-26-16-22-12-8-6-10-20(22)14-24(26)30(33)35-4/h5-16,27-28H,17-18H2,1-4H3/t27-,28-/m0/s1. The van der Waals surface area contributed by atoms with Crippen LogP contribution >= 0.6 is 0 Å². The minimum absolute atomic E-state index is 0.0986. The molecule has 5 rings (SSSR count). The van der Waals surface area contributed by atoms with Crippen LogP contribution in [0.25, 0.3) is 21.5 Å². The smallest absolute Gasteiger partial charge is 0.341 e. The van der Waals surface area contributed by atoms with Crippen LogP contribution < -0.4 is 9.47 Å². The molecule has 0 aliphatic carbocycles. The van der Waals surface area contributed by atoms with E-state index in [0.717, 1.165) is 21.5 Å². The number of hydrogen-bond acceptors (Lipinski definition) is 8. The molecule has 0 saturated carbocycles. The average Bonchev–Trinajstić information content (AvgIpc) is 3.25. The quantitative estimate of drug-likeness (QED) is 0.274. The second-order valence-corrected chi connectivity index (χ2v) is 9.71. The van der Waals surface area contributed by atoms with Crippen molar-refractivity contribution >= 4 is 33.5 Å². The van der Waals surface area contributed by atoms with Crippen molar-refractivity contribution in [3.63, 3.8) is 0 Å². The van der Waals surface area contributed by atoms with Gasteiger partial charge in [0.1, 0.15) is 48.0 Å². The van der Waals surface area contributed by atoms with Crippen LogP contribution in [-0.4, -0.2) is 57.4 Å². The summed E-state index contributed by atoms with van der Waals surface area (Å²) in [5, 5.41) is 3.65. The molecule has 1 heterocycles. The van der Waals surface area contributed by atoms with Gasteiger partial charge in [-0.25, -0.2) is 9.59 Å². The molecule has 0 amide bonds. The van der Waals surface area contributed by atoms with Gasteiger partial charge in [-0.2, -0.15) is 0 Å². The third kappa shape index (κ3) is 5.67. The summed E-state index contributed by atoms with van der Waals surface area (Å²) < 4.78 is 34.5. The molecule has 4 aromatic rings. The maximum atomic E-state index is 12.5. The minimum atomic E-state index is -0.884. The van der Waals surface area contributed by atoms with Gasteiger partial charge in [0, 0.05) is 0 Å². The molecule has 2 atom stereocenters. The molecule has 1 aliphatic rings. The lowest BCUT2D eigenvalue weighted by Gasteiger charge is -2.20. The number of benzene rings is 4. The summed E-state index contributed by atoms with van der Waals surface area (Å²) >= 11 is 0. The van der Waals surface area contributed by atoms with Gasteiger partial charge >= 0.3 is 11.9 Å². The lowest BCUT2D eigenvalue weighted by Crippen LogP contribution is -2.34. The highest BCUT2D eigenvalue weighted by Gasteiger charge is 2.42. The van der Waals surface area contributed by atoms with E-state index in [1.54, 1.807) is 12.1 Å². The minimum Gasteiger partial charge on any atom is -0.490 e. The topological polar surface area (TPSA) is 89.5 Å². The van der Waals surface area contributed by atoms with Gasteiger partial charge in [0.2, 0.25) is 0 Å². The highest BCUT2D eigenvalue weighted by atomic mass is 16.8. The van der Waals surface area contributed by atoms with Crippen molar-refractivity contribution in [3.8, 4) is 11.5 Å². The normalized spacial score (nSPS) is 18.2. The summed E-state index contributed by atoms with van der Waals surface area (Å²) in [5.74, 6) is -1.10. The van der Waals surface area contributed by atoms with Crippen molar-refractivity contribution in [2.24, 2.45) is 0 Å². The van der Waals surface area contributed by atoms with Crippen LogP contribution in [0.2, 0.25) is 0 Å². The van der Waals surface area contributed by atoms with Crippen LogP contribution in [0, 0.1) is 0 Å². The zero-order valence-electron chi connectivity index (χ0n) is 22.3. The number of ether oxygens (including phenoxy) is 6. The summed E-state index contributed by atoms with van der Waals surface area (Å²) in [6.45, 7) is 3.82. The predicted octanol–water partition coefficient (Wildman–Crippen LogP) is 5.54. The van der Waals surface area contributed by atoms with Gasteiger partial charge in [-0.15, -0.1) is 0 Å². The van der Waals surface area contributed by atoms with Gasteiger partial charge in [0.15, 0.2) is 5.79 Å². The molecule has 0 unspecified atom stereocenters. The molecular formula is C31H30O8. The first-order valence-electron chi connectivity index (χ1n) is 12.6. The molecule has 0 bridgehead atoms. The molecule has 39 heavy (non-hydrogen) atoms. The Bertz CT molecular complexity index is 1410. The zero-order chi connectivity index (χ0) is 27.6. The fraction of sp³-hybridized carbons (Fsp3) is 0.290. The number of carbonyl (C=O) groups excluding carboxylic acids is 2. The Hall–Kier alpha value is -4.14. The third-order valence-corrected chi connectivity index (χ3v) is 6.60. The molecule has 0 N–H and O–H groups in total. The average molecular weight is 531 g/mol. The van der Waals surface area contributed by atoms with Gasteiger partial charge in [-0.3, -0.25) is 0 Å². The Morgan fingerprint density at radius 2 is 1.03 bits per heavy atom. The first-order valence-corrected chi connectivity index (χ1v) is 12.6. The van der Waals surface area contributed by atoms with Crippen molar-refractivity contribution in [3.05, 3.63) is 83.9 Å². The largest absolute Gasteiger partial charge is 0.490 e. The van der Waals surface area contributed by atoms with Crippen LogP contribution in [0.4, 0.5) is 0 Å². The molecule has 1 fully saturated rings. The SMILES string of the molecule is COC(=O)c1cc2ccccc2cc1OC[C@@H]1OC(C)(C)O[C@H]1COc1cc2ccccc2cc1C(=O)OC. The van der Waals surface area contributed by atoms with Gasteiger partial charge < -0.3 is 28.4 Å². The first-order chi connectivity index (χ1) is 18.8. The number of methoxy groups -OCH3 is 2. The van der Waals surface area contributed by atoms with Crippen LogP contribution in [0.15, 0.2) is 72.8 Å². The number of hydrogen-bond donors (Lipinski definition) is 0. The third-order valence-electron chi connectivity index (χ3n) is 6.60. The second-order valence-electron chi connectivity index (χ2n) is 9.71. The van der Waals surface area contributed by atoms with Crippen molar-refractivity contribution < 1.29 is 38.0 Å². The van der Waals surface area contributed by atoms with Crippen molar-refractivity contribution in [2.45, 2.75) is 31.8 Å². The van der Waals surface area contributed by atoms with Crippen molar-refractivity contribution in [2.75, 3.05) is 27.4 Å². The Kier molecular flexibility index (Phi) is 7.41. The Balaban J connectivity index is 1.37. The Morgan fingerprint density at radius 3 is 1.38 bits per heavy atom. The highest BCUT2D eigenvalue weighted by molar-refractivity contribution is 5.99. The molecule has 4 aromatic carbocycles. The Labute approximate surface area is 226 Å². The maximum Gasteiger partial charge on any atom is 0.341 e. The molecule has 0 spiro atoms. The van der Waals surface area contributed by atoms with E-state index in [1.165, 1.54) is 14.2 Å². The summed E-state index contributed by atoms with van der Waals surface area (Å²) in [5.41, 5.74) is 0.641. The second kappa shape index (κ2) is 10.9. The lowest BCUT2D eigenvalue weighted by molar-refractivity contribution is -0.150. The van der Waals surface area contributed by atoms with E-state index >= 15 is 0 Å². The van der Waals surface area contributed by atoms with Gasteiger partial charge in [0.25, 0.3) is 0 Å². The van der Waals surface area contributed by atoms with Crippen molar-refractivity contribution in [1.82, 2.24) is 0 Å². The van der Waals surface area contributed by atoms with E-state index in [4.69, 9.17) is 28.4 Å². The van der Waals surface area contributed by atoms with E-state index in [2.05, 4.69) is 0 Å². The van der Waals surface area contributed by atoms with Crippen LogP contribution in [0.1, 0.15) is 34.6 Å². The van der Waals surface area contributed by atoms with E-state index < -0.39 is 29.9 Å². The monoisotopic (exact) mass is 530 g/mol. The van der Waals surface area contributed by atoms with E-state index in [1.807, 2.05) is 74.5 Å². The van der Waals surface area contributed by atoms with E-state index in [0.29, 0.717) is 22.6 Å². The maximum absolute atomic E-state index is 12.5.